The third kappa shape index (κ3) is 1.94. The molecule has 3 nitrogen and oxygen atoms in total. The maximum atomic E-state index is 8.13. The zero-order chi connectivity index (χ0) is 6.53. The normalized spacial score (nSPS) is 22.8. The molecule has 1 heterocycles. The van der Waals surface area contributed by atoms with Crippen molar-refractivity contribution in [2.45, 2.75) is 6.42 Å². The summed E-state index contributed by atoms with van der Waals surface area (Å²) in [7, 11) is 0. The summed E-state index contributed by atoms with van der Waals surface area (Å²) in [5.74, 6) is 1.08. The summed E-state index contributed by atoms with van der Waals surface area (Å²) in [6.45, 7) is 0.952. The Morgan fingerprint density at radius 1 is 1.78 bits per heavy atom. The second-order valence-electron chi connectivity index (χ2n) is 1.65. The molecular formula is C5H7N3S. The van der Waals surface area contributed by atoms with E-state index in [1.807, 2.05) is 0 Å². The van der Waals surface area contributed by atoms with Gasteiger partial charge in [-0.05, 0) is 6.42 Å². The van der Waals surface area contributed by atoms with Gasteiger partial charge >= 0.3 is 0 Å². The van der Waals surface area contributed by atoms with Gasteiger partial charge in [0.15, 0.2) is 5.17 Å². The van der Waals surface area contributed by atoms with Crippen molar-refractivity contribution in [3.63, 3.8) is 0 Å². The van der Waals surface area contributed by atoms with Crippen molar-refractivity contribution in [2.75, 3.05) is 12.3 Å². The molecule has 1 rings (SSSR count). The van der Waals surface area contributed by atoms with Crippen LogP contribution in [0.3, 0.4) is 0 Å². The van der Waals surface area contributed by atoms with E-state index in [0.29, 0.717) is 0 Å². The summed E-state index contributed by atoms with van der Waals surface area (Å²) in [6, 6.07) is 0. The first-order valence-electron chi connectivity index (χ1n) is 2.77. The molecule has 9 heavy (non-hydrogen) atoms. The summed E-state index contributed by atoms with van der Waals surface area (Å²) in [5.41, 5.74) is 0. The molecule has 0 spiro atoms. The molecule has 0 saturated carbocycles. The Morgan fingerprint density at radius 2 is 2.67 bits per heavy atom. The molecule has 0 atom stereocenters. The van der Waals surface area contributed by atoms with Gasteiger partial charge < -0.3 is 5.32 Å². The van der Waals surface area contributed by atoms with Crippen molar-refractivity contribution in [1.29, 1.82) is 5.26 Å². The minimum absolute atomic E-state index is 0.767. The number of hydrogen-bond acceptors (Lipinski definition) is 3. The smallest absolute Gasteiger partial charge is 0.208 e. The van der Waals surface area contributed by atoms with E-state index in [4.69, 9.17) is 5.26 Å². The topological polar surface area (TPSA) is 48.2 Å². The molecule has 1 saturated heterocycles. The van der Waals surface area contributed by atoms with E-state index in [2.05, 4.69) is 10.3 Å². The van der Waals surface area contributed by atoms with Crippen molar-refractivity contribution in [2.24, 2.45) is 4.99 Å². The van der Waals surface area contributed by atoms with Gasteiger partial charge in [-0.25, -0.2) is 0 Å². The summed E-state index contributed by atoms with van der Waals surface area (Å²) in [6.07, 6.45) is 2.90. The summed E-state index contributed by atoms with van der Waals surface area (Å²) in [5, 5.41) is 11.9. The Morgan fingerprint density at radius 3 is 3.22 bits per heavy atom. The molecule has 0 aromatic heterocycles. The third-order valence-corrected chi connectivity index (χ3v) is 1.99. The molecule has 0 aromatic rings. The lowest BCUT2D eigenvalue weighted by atomic mass is 10.5. The van der Waals surface area contributed by atoms with E-state index in [1.54, 1.807) is 18.0 Å². The highest BCUT2D eigenvalue weighted by Gasteiger charge is 2.04. The molecule has 48 valence electrons. The zero-order valence-corrected chi connectivity index (χ0v) is 5.74. The van der Waals surface area contributed by atoms with Gasteiger partial charge in [0.1, 0.15) is 0 Å². The highest BCUT2D eigenvalue weighted by molar-refractivity contribution is 8.13. The van der Waals surface area contributed by atoms with E-state index >= 15 is 0 Å². The minimum atomic E-state index is 0.767. The van der Waals surface area contributed by atoms with Crippen LogP contribution in [-0.2, 0) is 0 Å². The van der Waals surface area contributed by atoms with Crippen molar-refractivity contribution in [1.82, 2.24) is 5.32 Å². The van der Waals surface area contributed by atoms with Crippen LogP contribution in [0.4, 0.5) is 0 Å². The first-order valence-corrected chi connectivity index (χ1v) is 3.75. The number of rotatable bonds is 0. The van der Waals surface area contributed by atoms with Gasteiger partial charge in [0.2, 0.25) is 6.19 Å². The molecule has 1 aliphatic rings. The fourth-order valence-corrected chi connectivity index (χ4v) is 1.40. The zero-order valence-electron chi connectivity index (χ0n) is 4.92. The molecule has 0 unspecified atom stereocenters. The highest BCUT2D eigenvalue weighted by atomic mass is 32.2. The fourth-order valence-electron chi connectivity index (χ4n) is 0.605. The van der Waals surface area contributed by atoms with Gasteiger partial charge in [0.25, 0.3) is 0 Å². The van der Waals surface area contributed by atoms with E-state index in [0.717, 1.165) is 23.9 Å². The van der Waals surface area contributed by atoms with E-state index in [-0.39, 0.29) is 0 Å². The first kappa shape index (κ1) is 6.43. The van der Waals surface area contributed by atoms with Crippen LogP contribution in [-0.4, -0.2) is 17.5 Å². The molecule has 0 bridgehead atoms. The summed E-state index contributed by atoms with van der Waals surface area (Å²) >= 11 is 1.60. The van der Waals surface area contributed by atoms with Crippen LogP contribution in [0.1, 0.15) is 6.42 Å². The van der Waals surface area contributed by atoms with Gasteiger partial charge in [0.05, 0.1) is 0 Å². The Labute approximate surface area is 58.2 Å². The van der Waals surface area contributed by atoms with Crippen molar-refractivity contribution >= 4 is 16.9 Å². The summed E-state index contributed by atoms with van der Waals surface area (Å²) in [4.78, 5) is 3.56. The lowest BCUT2D eigenvalue weighted by molar-refractivity contribution is 0.844. The minimum Gasteiger partial charge on any atom is -0.364 e. The molecule has 0 amide bonds. The van der Waals surface area contributed by atoms with Crippen LogP contribution in [0.2, 0.25) is 0 Å². The van der Waals surface area contributed by atoms with E-state index in [1.165, 1.54) is 0 Å². The van der Waals surface area contributed by atoms with Crippen molar-refractivity contribution in [3.8, 4) is 6.19 Å². The molecule has 0 radical (unpaired) electrons. The van der Waals surface area contributed by atoms with Crippen LogP contribution in [0.25, 0.3) is 0 Å². The van der Waals surface area contributed by atoms with Gasteiger partial charge in [-0.2, -0.15) is 5.26 Å². The van der Waals surface area contributed by atoms with Crippen LogP contribution in [0.5, 0.6) is 0 Å². The van der Waals surface area contributed by atoms with E-state index in [9.17, 15) is 0 Å². The van der Waals surface area contributed by atoms with Gasteiger partial charge in [-0.1, -0.05) is 11.8 Å². The molecule has 1 aliphatic heterocycles. The maximum Gasteiger partial charge on any atom is 0.208 e. The predicted octanol–water partition coefficient (Wildman–Crippen LogP) is 0.550. The second-order valence-corrected chi connectivity index (χ2v) is 2.73. The van der Waals surface area contributed by atoms with Gasteiger partial charge in [-0.15, -0.1) is 4.99 Å². The van der Waals surface area contributed by atoms with Crippen LogP contribution in [0, 0.1) is 11.5 Å². The molecule has 1 fully saturated rings. The van der Waals surface area contributed by atoms with Crippen LogP contribution >= 0.6 is 11.8 Å². The SMILES string of the molecule is N#CN=C1NCCCS1. The monoisotopic (exact) mass is 141 g/mol. The lowest BCUT2D eigenvalue weighted by Crippen LogP contribution is -2.26. The van der Waals surface area contributed by atoms with Gasteiger partial charge in [0, 0.05) is 12.3 Å². The number of aliphatic imine (C=N–C) groups is 1. The Bertz CT molecular complexity index is 150. The van der Waals surface area contributed by atoms with Crippen LogP contribution in [0.15, 0.2) is 4.99 Å². The number of amidine groups is 1. The van der Waals surface area contributed by atoms with Crippen molar-refractivity contribution < 1.29 is 0 Å². The molecule has 0 aromatic carbocycles. The van der Waals surface area contributed by atoms with Crippen molar-refractivity contribution in [3.05, 3.63) is 0 Å². The first-order chi connectivity index (χ1) is 4.43. The average Bonchev–Trinajstić information content (AvgIpc) is 1.91. The molecule has 4 heteroatoms. The maximum absolute atomic E-state index is 8.13. The number of nitrogens with one attached hydrogen (secondary N) is 1. The summed E-state index contributed by atoms with van der Waals surface area (Å²) < 4.78 is 0. The Hall–Kier alpha value is -0.690. The Kier molecular flexibility index (Phi) is 2.40. The molecular weight excluding hydrogens is 134 g/mol. The standard InChI is InChI=1S/C5H7N3S/c6-4-8-5-7-2-1-3-9-5/h1-3H2,(H,7,8). The quantitative estimate of drug-likeness (QED) is 0.501. The third-order valence-electron chi connectivity index (χ3n) is 0.988. The average molecular weight is 141 g/mol. The lowest BCUT2D eigenvalue weighted by Gasteiger charge is -2.12. The highest BCUT2D eigenvalue weighted by Crippen LogP contribution is 2.07. The largest absolute Gasteiger partial charge is 0.364 e. The van der Waals surface area contributed by atoms with Gasteiger partial charge in [-0.3, -0.25) is 0 Å². The Balaban J connectivity index is 2.42. The number of hydrogen-bond donors (Lipinski definition) is 1. The van der Waals surface area contributed by atoms with E-state index < -0.39 is 0 Å². The number of nitriles is 1. The molecule has 1 N–H and O–H groups in total. The predicted molar refractivity (Wildman–Crippen MR) is 38.1 cm³/mol. The molecule has 0 aliphatic carbocycles. The van der Waals surface area contributed by atoms with Crippen LogP contribution < -0.4 is 5.32 Å². The number of nitrogens with zero attached hydrogens (tertiary/aromatic N) is 2. The number of thioether (sulfide) groups is 1. The fraction of sp³-hybridized carbons (Fsp3) is 0.600. The second kappa shape index (κ2) is 3.36.